The number of nitrogens with zero attached hydrogens (tertiary/aromatic N) is 2. The van der Waals surface area contributed by atoms with E-state index in [1.807, 2.05) is 20.8 Å². The predicted octanol–water partition coefficient (Wildman–Crippen LogP) is 3.29. The molecule has 0 bridgehead atoms. The summed E-state index contributed by atoms with van der Waals surface area (Å²) < 4.78 is 14.4. The van der Waals surface area contributed by atoms with Crippen molar-refractivity contribution < 1.29 is 19.4 Å². The number of phenolic OH excluding ortho intramolecular Hbond substituents is 1. The van der Waals surface area contributed by atoms with Crippen molar-refractivity contribution in [3.8, 4) is 17.1 Å². The fourth-order valence-electron chi connectivity index (χ4n) is 2.13. The molecule has 0 spiro atoms. The van der Waals surface area contributed by atoms with Gasteiger partial charge in [-0.1, -0.05) is 26.8 Å². The van der Waals surface area contributed by atoms with Crippen LogP contribution in [0.25, 0.3) is 11.4 Å². The molecule has 2 rings (SSSR count). The average Bonchev–Trinajstić information content (AvgIpc) is 2.39. The van der Waals surface area contributed by atoms with Crippen LogP contribution in [-0.4, -0.2) is 26.2 Å². The molecule has 2 N–H and O–H groups in total. The Bertz CT molecular complexity index is 752. The van der Waals surface area contributed by atoms with Crippen LogP contribution in [0.15, 0.2) is 18.3 Å². The quantitative estimate of drug-likeness (QED) is 0.889. The monoisotopic (exact) mass is 304 g/mol. The largest absolute Gasteiger partial charge is 0.504 e. The summed E-state index contributed by atoms with van der Waals surface area (Å²) >= 11 is 0. The molecule has 0 fully saturated rings. The van der Waals surface area contributed by atoms with Crippen LogP contribution in [0.4, 0.5) is 4.39 Å². The Labute approximate surface area is 127 Å². The van der Waals surface area contributed by atoms with E-state index in [0.29, 0.717) is 5.56 Å². The number of aromatic carboxylic acids is 1. The molecule has 0 aliphatic heterocycles. The molecule has 2 aromatic rings. The Balaban J connectivity index is 2.57. The number of aryl methyl sites for hydroxylation is 1. The molecule has 0 radical (unpaired) electrons. The number of hydrogen-bond acceptors (Lipinski definition) is 4. The zero-order chi connectivity index (χ0) is 16.7. The summed E-state index contributed by atoms with van der Waals surface area (Å²) in [6.45, 7) is 7.04. The second-order valence-electron chi connectivity index (χ2n) is 6.07. The summed E-state index contributed by atoms with van der Waals surface area (Å²) in [6.07, 6.45) is 1.15. The van der Waals surface area contributed by atoms with Gasteiger partial charge in [0.25, 0.3) is 0 Å². The summed E-state index contributed by atoms with van der Waals surface area (Å²) in [5, 5.41) is 19.1. The van der Waals surface area contributed by atoms with Gasteiger partial charge in [0.2, 0.25) is 0 Å². The highest BCUT2D eigenvalue weighted by atomic mass is 19.1. The Hall–Kier alpha value is -2.50. The second-order valence-corrected chi connectivity index (χ2v) is 6.07. The number of halogens is 1. The van der Waals surface area contributed by atoms with E-state index in [0.717, 1.165) is 6.20 Å². The van der Waals surface area contributed by atoms with Gasteiger partial charge in [-0.05, 0) is 24.0 Å². The smallest absolute Gasteiger partial charge is 0.339 e. The minimum absolute atomic E-state index is 0.0324. The average molecular weight is 304 g/mol. The van der Waals surface area contributed by atoms with E-state index in [1.54, 1.807) is 6.07 Å². The van der Waals surface area contributed by atoms with Gasteiger partial charge in [-0.25, -0.2) is 19.2 Å². The summed E-state index contributed by atoms with van der Waals surface area (Å²) in [7, 11) is 0. The summed E-state index contributed by atoms with van der Waals surface area (Å²) in [6, 6.07) is 3.11. The van der Waals surface area contributed by atoms with Crippen molar-refractivity contribution in [2.75, 3.05) is 0 Å². The van der Waals surface area contributed by atoms with Gasteiger partial charge in [-0.3, -0.25) is 0 Å². The minimum Gasteiger partial charge on any atom is -0.504 e. The standard InChI is InChI=1S/C16H17FN2O3/c1-8-10(15(21)22)7-18-14(19-8)9-5-6-11(16(2,3)4)12(17)13(9)20/h5-7,20H,1-4H3,(H,21,22). The van der Waals surface area contributed by atoms with Gasteiger partial charge < -0.3 is 10.2 Å². The van der Waals surface area contributed by atoms with Gasteiger partial charge in [0, 0.05) is 6.20 Å². The number of carboxylic acid groups (broad SMARTS) is 1. The van der Waals surface area contributed by atoms with Crippen molar-refractivity contribution in [1.82, 2.24) is 9.97 Å². The van der Waals surface area contributed by atoms with Crippen LogP contribution in [0, 0.1) is 12.7 Å². The first-order valence-corrected chi connectivity index (χ1v) is 6.72. The Morgan fingerprint density at radius 2 is 1.91 bits per heavy atom. The molecular weight excluding hydrogens is 287 g/mol. The highest BCUT2D eigenvalue weighted by Gasteiger charge is 2.24. The molecule has 1 aromatic heterocycles. The van der Waals surface area contributed by atoms with E-state index in [1.165, 1.54) is 13.0 Å². The maximum absolute atomic E-state index is 14.4. The van der Waals surface area contributed by atoms with Crippen molar-refractivity contribution in [3.63, 3.8) is 0 Å². The molecule has 0 saturated heterocycles. The summed E-state index contributed by atoms with van der Waals surface area (Å²) in [5.41, 5.74) is 0.273. The molecule has 22 heavy (non-hydrogen) atoms. The van der Waals surface area contributed by atoms with Gasteiger partial charge in [-0.15, -0.1) is 0 Å². The van der Waals surface area contributed by atoms with E-state index in [4.69, 9.17) is 5.11 Å². The van der Waals surface area contributed by atoms with Crippen LogP contribution >= 0.6 is 0 Å². The third kappa shape index (κ3) is 2.77. The maximum atomic E-state index is 14.4. The number of hydrogen-bond donors (Lipinski definition) is 2. The van der Waals surface area contributed by atoms with Crippen molar-refractivity contribution in [1.29, 1.82) is 0 Å². The predicted molar refractivity (Wildman–Crippen MR) is 79.5 cm³/mol. The lowest BCUT2D eigenvalue weighted by Crippen LogP contribution is -2.14. The van der Waals surface area contributed by atoms with Crippen LogP contribution in [0.3, 0.4) is 0 Å². The fraction of sp³-hybridized carbons (Fsp3) is 0.312. The molecule has 0 amide bonds. The first kappa shape index (κ1) is 15.9. The van der Waals surface area contributed by atoms with Crippen LogP contribution < -0.4 is 0 Å². The minimum atomic E-state index is -1.14. The zero-order valence-electron chi connectivity index (χ0n) is 12.8. The fourth-order valence-corrected chi connectivity index (χ4v) is 2.13. The summed E-state index contributed by atoms with van der Waals surface area (Å²) in [5.74, 6) is -2.30. The lowest BCUT2D eigenvalue weighted by molar-refractivity contribution is 0.0695. The third-order valence-electron chi connectivity index (χ3n) is 3.37. The molecule has 6 heteroatoms. The van der Waals surface area contributed by atoms with Crippen molar-refractivity contribution in [2.24, 2.45) is 0 Å². The highest BCUT2D eigenvalue weighted by Crippen LogP contribution is 2.36. The molecular formula is C16H17FN2O3. The molecule has 5 nitrogen and oxygen atoms in total. The van der Waals surface area contributed by atoms with Gasteiger partial charge in [-0.2, -0.15) is 0 Å². The van der Waals surface area contributed by atoms with Crippen molar-refractivity contribution in [2.45, 2.75) is 33.1 Å². The number of aromatic hydroxyl groups is 1. The number of rotatable bonds is 2. The number of aromatic nitrogens is 2. The van der Waals surface area contributed by atoms with E-state index in [2.05, 4.69) is 9.97 Å². The summed E-state index contributed by atoms with van der Waals surface area (Å²) in [4.78, 5) is 18.9. The van der Waals surface area contributed by atoms with E-state index in [-0.39, 0.29) is 22.6 Å². The lowest BCUT2D eigenvalue weighted by atomic mass is 9.85. The van der Waals surface area contributed by atoms with Gasteiger partial charge >= 0.3 is 5.97 Å². The molecule has 0 atom stereocenters. The molecule has 0 unspecified atom stereocenters. The van der Waals surface area contributed by atoms with Crippen LogP contribution in [0.2, 0.25) is 0 Å². The second kappa shape index (κ2) is 5.36. The molecule has 0 aliphatic rings. The number of phenols is 1. The highest BCUT2D eigenvalue weighted by molar-refractivity contribution is 5.88. The SMILES string of the molecule is Cc1nc(-c2ccc(C(C)(C)C)c(F)c2O)ncc1C(=O)O. The first-order chi connectivity index (χ1) is 10.1. The Kier molecular flexibility index (Phi) is 3.87. The van der Waals surface area contributed by atoms with Crippen LogP contribution in [0.1, 0.15) is 42.4 Å². The molecule has 1 aromatic carbocycles. The molecule has 0 aliphatic carbocycles. The van der Waals surface area contributed by atoms with Gasteiger partial charge in [0.05, 0.1) is 16.8 Å². The number of carboxylic acids is 1. The molecule has 0 saturated carbocycles. The number of benzene rings is 1. The number of carbonyl (C=O) groups is 1. The van der Waals surface area contributed by atoms with E-state index in [9.17, 15) is 14.3 Å². The zero-order valence-corrected chi connectivity index (χ0v) is 12.8. The van der Waals surface area contributed by atoms with E-state index < -0.39 is 23.0 Å². The topological polar surface area (TPSA) is 83.3 Å². The Morgan fingerprint density at radius 1 is 1.27 bits per heavy atom. The molecule has 1 heterocycles. The van der Waals surface area contributed by atoms with Crippen molar-refractivity contribution >= 4 is 5.97 Å². The van der Waals surface area contributed by atoms with Crippen molar-refractivity contribution in [3.05, 3.63) is 41.0 Å². The van der Waals surface area contributed by atoms with Gasteiger partial charge in [0.1, 0.15) is 0 Å². The third-order valence-corrected chi connectivity index (χ3v) is 3.37. The molecule has 116 valence electrons. The van der Waals surface area contributed by atoms with Crippen LogP contribution in [0.5, 0.6) is 5.75 Å². The Morgan fingerprint density at radius 3 is 2.41 bits per heavy atom. The first-order valence-electron chi connectivity index (χ1n) is 6.72. The van der Waals surface area contributed by atoms with Gasteiger partial charge in [0.15, 0.2) is 17.4 Å². The maximum Gasteiger partial charge on any atom is 0.339 e. The van der Waals surface area contributed by atoms with E-state index >= 15 is 0 Å². The van der Waals surface area contributed by atoms with Crippen LogP contribution in [-0.2, 0) is 5.41 Å². The normalized spacial score (nSPS) is 11.5. The lowest BCUT2D eigenvalue weighted by Gasteiger charge is -2.21.